The van der Waals surface area contributed by atoms with Crippen LogP contribution in [0.25, 0.3) is 0 Å². The maximum absolute atomic E-state index is 13.1. The van der Waals surface area contributed by atoms with Crippen LogP contribution < -0.4 is 4.74 Å². The van der Waals surface area contributed by atoms with Gasteiger partial charge in [-0.2, -0.15) is 0 Å². The van der Waals surface area contributed by atoms with Crippen LogP contribution in [0.5, 0.6) is 5.75 Å². The van der Waals surface area contributed by atoms with Crippen LogP contribution in [-0.4, -0.2) is 12.4 Å². The third kappa shape index (κ3) is 4.12. The minimum absolute atomic E-state index is 0.0940. The van der Waals surface area contributed by atoms with Crippen molar-refractivity contribution in [3.63, 3.8) is 0 Å². The fourth-order valence-corrected chi connectivity index (χ4v) is 1.94. The molecule has 2 rings (SSSR count). The molecule has 0 atom stereocenters. The Morgan fingerprint density at radius 1 is 1.05 bits per heavy atom. The monoisotopic (exact) mass is 290 g/mol. The largest absolute Gasteiger partial charge is 0.485 e. The highest BCUT2D eigenvalue weighted by molar-refractivity contribution is 5.97. The number of ether oxygens (including phenoxy) is 1. The SMILES string of the molecule is CCCc1ccc(OCC(=O)c2ccc(F)c(F)c2)cc1. The van der Waals surface area contributed by atoms with Crippen molar-refractivity contribution in [2.75, 3.05) is 6.61 Å². The smallest absolute Gasteiger partial charge is 0.200 e. The topological polar surface area (TPSA) is 26.3 Å². The lowest BCUT2D eigenvalue weighted by atomic mass is 10.1. The Labute approximate surface area is 122 Å². The lowest BCUT2D eigenvalue weighted by Crippen LogP contribution is -2.12. The standard InChI is InChI=1S/C17H16F2O2/c1-2-3-12-4-7-14(8-5-12)21-11-17(20)13-6-9-15(18)16(19)10-13/h4-10H,2-3,11H2,1H3. The van der Waals surface area contributed by atoms with Gasteiger partial charge >= 0.3 is 0 Å². The molecule has 110 valence electrons. The summed E-state index contributed by atoms with van der Waals surface area (Å²) in [7, 11) is 0. The van der Waals surface area contributed by atoms with E-state index >= 15 is 0 Å². The van der Waals surface area contributed by atoms with Gasteiger partial charge in [-0.05, 0) is 42.3 Å². The van der Waals surface area contributed by atoms with E-state index in [4.69, 9.17) is 4.74 Å². The number of hydrogen-bond donors (Lipinski definition) is 0. The summed E-state index contributed by atoms with van der Waals surface area (Å²) in [5.74, 6) is -1.83. The number of benzene rings is 2. The Kier molecular flexibility index (Phi) is 5.04. The molecule has 2 nitrogen and oxygen atoms in total. The zero-order chi connectivity index (χ0) is 15.2. The number of carbonyl (C=O) groups is 1. The number of ketones is 1. The molecule has 0 spiro atoms. The molecule has 0 N–H and O–H groups in total. The van der Waals surface area contributed by atoms with E-state index < -0.39 is 17.4 Å². The second-order valence-electron chi connectivity index (χ2n) is 4.73. The Hall–Kier alpha value is -2.23. The van der Waals surface area contributed by atoms with E-state index in [9.17, 15) is 13.6 Å². The summed E-state index contributed by atoms with van der Waals surface area (Å²) >= 11 is 0. The van der Waals surface area contributed by atoms with Gasteiger partial charge in [-0.3, -0.25) is 4.79 Å². The van der Waals surface area contributed by atoms with Gasteiger partial charge in [0.25, 0.3) is 0 Å². The average Bonchev–Trinajstić information content (AvgIpc) is 2.49. The van der Waals surface area contributed by atoms with E-state index in [1.807, 2.05) is 12.1 Å². The molecule has 0 heterocycles. The van der Waals surface area contributed by atoms with Crippen LogP contribution in [0.2, 0.25) is 0 Å². The zero-order valence-corrected chi connectivity index (χ0v) is 11.7. The van der Waals surface area contributed by atoms with Crippen LogP contribution in [-0.2, 0) is 6.42 Å². The van der Waals surface area contributed by atoms with Crippen LogP contribution >= 0.6 is 0 Å². The maximum Gasteiger partial charge on any atom is 0.200 e. The predicted octanol–water partition coefficient (Wildman–Crippen LogP) is 4.18. The van der Waals surface area contributed by atoms with Crippen LogP contribution in [0, 0.1) is 11.6 Å². The predicted molar refractivity (Wildman–Crippen MR) is 76.6 cm³/mol. The number of rotatable bonds is 6. The molecule has 0 aliphatic rings. The van der Waals surface area contributed by atoms with Gasteiger partial charge in [-0.15, -0.1) is 0 Å². The first-order chi connectivity index (χ1) is 10.1. The first kappa shape index (κ1) is 15.2. The summed E-state index contributed by atoms with van der Waals surface area (Å²) in [6.07, 6.45) is 2.06. The highest BCUT2D eigenvalue weighted by atomic mass is 19.2. The quantitative estimate of drug-likeness (QED) is 0.746. The minimum Gasteiger partial charge on any atom is -0.485 e. The molecular weight excluding hydrogens is 274 g/mol. The molecule has 0 saturated carbocycles. The Morgan fingerprint density at radius 2 is 1.76 bits per heavy atom. The second kappa shape index (κ2) is 6.97. The fraction of sp³-hybridized carbons (Fsp3) is 0.235. The first-order valence-corrected chi connectivity index (χ1v) is 6.80. The lowest BCUT2D eigenvalue weighted by Gasteiger charge is -2.07. The number of hydrogen-bond acceptors (Lipinski definition) is 2. The highest BCUT2D eigenvalue weighted by Crippen LogP contribution is 2.14. The minimum atomic E-state index is -1.04. The molecule has 0 aromatic heterocycles. The molecule has 0 saturated heterocycles. The molecular formula is C17H16F2O2. The molecule has 0 aliphatic heterocycles. The summed E-state index contributed by atoms with van der Waals surface area (Å²) < 4.78 is 31.2. The maximum atomic E-state index is 13.1. The summed E-state index contributed by atoms with van der Waals surface area (Å²) in [5, 5.41) is 0. The van der Waals surface area contributed by atoms with E-state index in [1.54, 1.807) is 12.1 Å². The Bertz CT molecular complexity index is 621. The third-order valence-corrected chi connectivity index (χ3v) is 3.07. The van der Waals surface area contributed by atoms with Gasteiger partial charge in [0.2, 0.25) is 0 Å². The number of carbonyl (C=O) groups excluding carboxylic acids is 1. The van der Waals surface area contributed by atoms with Gasteiger partial charge < -0.3 is 4.74 Å². The van der Waals surface area contributed by atoms with E-state index in [1.165, 1.54) is 11.6 Å². The van der Waals surface area contributed by atoms with E-state index in [-0.39, 0.29) is 12.2 Å². The van der Waals surface area contributed by atoms with E-state index in [0.717, 1.165) is 25.0 Å². The number of aryl methyl sites for hydroxylation is 1. The van der Waals surface area contributed by atoms with Crippen molar-refractivity contribution >= 4 is 5.78 Å². The van der Waals surface area contributed by atoms with Crippen molar-refractivity contribution in [2.24, 2.45) is 0 Å². The van der Waals surface area contributed by atoms with E-state index in [0.29, 0.717) is 5.75 Å². The molecule has 0 fully saturated rings. The van der Waals surface area contributed by atoms with Crippen molar-refractivity contribution in [1.82, 2.24) is 0 Å². The third-order valence-electron chi connectivity index (χ3n) is 3.07. The van der Waals surface area contributed by atoms with Gasteiger partial charge in [0, 0.05) is 5.56 Å². The van der Waals surface area contributed by atoms with Crippen LogP contribution in [0.1, 0.15) is 29.3 Å². The number of Topliss-reactive ketones (excluding diaryl/α,β-unsaturated/α-hetero) is 1. The zero-order valence-electron chi connectivity index (χ0n) is 11.7. The fourth-order valence-electron chi connectivity index (χ4n) is 1.94. The molecule has 0 bridgehead atoms. The lowest BCUT2D eigenvalue weighted by molar-refractivity contribution is 0.0921. The molecule has 2 aromatic carbocycles. The normalized spacial score (nSPS) is 10.4. The van der Waals surface area contributed by atoms with Gasteiger partial charge in [0.1, 0.15) is 5.75 Å². The molecule has 0 radical (unpaired) electrons. The van der Waals surface area contributed by atoms with Gasteiger partial charge in [-0.25, -0.2) is 8.78 Å². The molecule has 21 heavy (non-hydrogen) atoms. The van der Waals surface area contributed by atoms with Crippen molar-refractivity contribution in [3.05, 3.63) is 65.2 Å². The Morgan fingerprint density at radius 3 is 2.38 bits per heavy atom. The molecule has 0 aliphatic carbocycles. The van der Waals surface area contributed by atoms with Crippen LogP contribution in [0.3, 0.4) is 0 Å². The van der Waals surface area contributed by atoms with Gasteiger partial charge in [0.15, 0.2) is 24.0 Å². The van der Waals surface area contributed by atoms with Gasteiger partial charge in [0.05, 0.1) is 0 Å². The second-order valence-corrected chi connectivity index (χ2v) is 4.73. The van der Waals surface area contributed by atoms with Crippen molar-refractivity contribution in [2.45, 2.75) is 19.8 Å². The molecule has 2 aromatic rings. The summed E-state index contributed by atoms with van der Waals surface area (Å²) in [4.78, 5) is 11.8. The van der Waals surface area contributed by atoms with Crippen LogP contribution in [0.4, 0.5) is 8.78 Å². The summed E-state index contributed by atoms with van der Waals surface area (Å²) in [6, 6.07) is 10.5. The number of halogens is 2. The van der Waals surface area contributed by atoms with Crippen molar-refractivity contribution in [1.29, 1.82) is 0 Å². The van der Waals surface area contributed by atoms with Crippen molar-refractivity contribution < 1.29 is 18.3 Å². The molecule has 0 unspecified atom stereocenters. The first-order valence-electron chi connectivity index (χ1n) is 6.80. The highest BCUT2D eigenvalue weighted by Gasteiger charge is 2.10. The molecule has 0 amide bonds. The van der Waals surface area contributed by atoms with E-state index in [2.05, 4.69) is 6.92 Å². The molecule has 4 heteroatoms. The summed E-state index contributed by atoms with van der Waals surface area (Å²) in [5.41, 5.74) is 1.30. The Balaban J connectivity index is 1.95. The van der Waals surface area contributed by atoms with Gasteiger partial charge in [-0.1, -0.05) is 25.5 Å². The average molecular weight is 290 g/mol. The van der Waals surface area contributed by atoms with Crippen molar-refractivity contribution in [3.8, 4) is 5.75 Å². The van der Waals surface area contributed by atoms with Crippen LogP contribution in [0.15, 0.2) is 42.5 Å². The summed E-state index contributed by atoms with van der Waals surface area (Å²) in [6.45, 7) is 1.89.